The number of amides is 1. The number of nitrogens with one attached hydrogen (secondary N) is 1. The highest BCUT2D eigenvalue weighted by molar-refractivity contribution is 6.14. The molecule has 0 unspecified atom stereocenters. The highest BCUT2D eigenvalue weighted by Gasteiger charge is 2.31. The highest BCUT2D eigenvalue weighted by atomic mass is 16.5. The van der Waals surface area contributed by atoms with Crippen molar-refractivity contribution in [2.24, 2.45) is 0 Å². The van der Waals surface area contributed by atoms with Gasteiger partial charge in [-0.15, -0.1) is 0 Å². The summed E-state index contributed by atoms with van der Waals surface area (Å²) in [6, 6.07) is 22.7. The zero-order valence-electron chi connectivity index (χ0n) is 14.9. The highest BCUT2D eigenvalue weighted by Crippen LogP contribution is 2.23. The normalized spacial score (nSPS) is 15.3. The first-order valence-electron chi connectivity index (χ1n) is 8.92. The zero-order valence-corrected chi connectivity index (χ0v) is 14.9. The van der Waals surface area contributed by atoms with E-state index in [1.807, 2.05) is 18.2 Å². The minimum atomic E-state index is -0.942. The molecule has 0 fully saturated rings. The first-order chi connectivity index (χ1) is 13.6. The van der Waals surface area contributed by atoms with Crippen LogP contribution < -0.4 is 5.32 Å². The van der Waals surface area contributed by atoms with Crippen LogP contribution in [-0.4, -0.2) is 23.8 Å². The number of rotatable bonds is 4. The summed E-state index contributed by atoms with van der Waals surface area (Å²) < 4.78 is 5.30. The molecule has 4 rings (SSSR count). The van der Waals surface area contributed by atoms with Gasteiger partial charge in [-0.25, -0.2) is 4.79 Å². The maximum absolute atomic E-state index is 12.8. The van der Waals surface area contributed by atoms with Crippen molar-refractivity contribution in [3.05, 3.63) is 101 Å². The van der Waals surface area contributed by atoms with Crippen molar-refractivity contribution < 1.29 is 19.1 Å². The van der Waals surface area contributed by atoms with E-state index in [1.54, 1.807) is 60.7 Å². The van der Waals surface area contributed by atoms with Crippen LogP contribution >= 0.6 is 0 Å². The molecular weight excluding hydrogens is 354 g/mol. The average Bonchev–Trinajstić information content (AvgIpc) is 2.74. The fourth-order valence-electron chi connectivity index (χ4n) is 3.23. The number of benzene rings is 3. The van der Waals surface area contributed by atoms with Crippen LogP contribution in [0.2, 0.25) is 0 Å². The maximum Gasteiger partial charge on any atom is 0.339 e. The molecule has 138 valence electrons. The molecule has 5 heteroatoms. The lowest BCUT2D eigenvalue weighted by Crippen LogP contribution is -2.38. The van der Waals surface area contributed by atoms with Crippen LogP contribution in [0, 0.1) is 0 Å². The number of carbonyl (C=O) groups is 3. The molecule has 1 aliphatic heterocycles. The lowest BCUT2D eigenvalue weighted by atomic mass is 9.98. The molecule has 0 saturated heterocycles. The second-order valence-electron chi connectivity index (χ2n) is 6.49. The van der Waals surface area contributed by atoms with Gasteiger partial charge in [0.25, 0.3) is 5.91 Å². The summed E-state index contributed by atoms with van der Waals surface area (Å²) >= 11 is 0. The van der Waals surface area contributed by atoms with Gasteiger partial charge in [-0.1, -0.05) is 60.7 Å². The third kappa shape index (κ3) is 3.42. The molecule has 28 heavy (non-hydrogen) atoms. The first-order valence-corrected chi connectivity index (χ1v) is 8.92. The monoisotopic (exact) mass is 371 g/mol. The molecule has 0 spiro atoms. The van der Waals surface area contributed by atoms with Gasteiger partial charge in [-0.2, -0.15) is 0 Å². The first kappa shape index (κ1) is 17.7. The molecule has 3 aromatic rings. The number of cyclic esters (lactones) is 1. The van der Waals surface area contributed by atoms with Gasteiger partial charge in [0, 0.05) is 17.5 Å². The lowest BCUT2D eigenvalue weighted by Gasteiger charge is -2.24. The predicted molar refractivity (Wildman–Crippen MR) is 104 cm³/mol. The number of esters is 1. The van der Waals surface area contributed by atoms with Crippen molar-refractivity contribution >= 4 is 23.3 Å². The molecule has 1 aliphatic rings. The Morgan fingerprint density at radius 1 is 0.857 bits per heavy atom. The van der Waals surface area contributed by atoms with Crippen molar-refractivity contribution in [3.8, 4) is 0 Å². The van der Waals surface area contributed by atoms with Crippen molar-refractivity contribution in [1.82, 2.24) is 0 Å². The Balaban J connectivity index is 1.56. The van der Waals surface area contributed by atoms with Crippen LogP contribution in [0.4, 0.5) is 5.69 Å². The van der Waals surface area contributed by atoms with Gasteiger partial charge in [0.2, 0.25) is 0 Å². The second-order valence-corrected chi connectivity index (χ2v) is 6.49. The molecule has 1 amide bonds. The molecule has 0 saturated carbocycles. The van der Waals surface area contributed by atoms with Crippen LogP contribution in [0.25, 0.3) is 0 Å². The molecule has 1 atom stereocenters. The Morgan fingerprint density at radius 3 is 2.36 bits per heavy atom. The van der Waals surface area contributed by atoms with Crippen LogP contribution in [0.1, 0.15) is 31.8 Å². The molecule has 1 heterocycles. The van der Waals surface area contributed by atoms with E-state index in [0.717, 1.165) is 5.56 Å². The van der Waals surface area contributed by atoms with Gasteiger partial charge >= 0.3 is 5.97 Å². The van der Waals surface area contributed by atoms with E-state index >= 15 is 0 Å². The Labute approximate surface area is 162 Å². The van der Waals surface area contributed by atoms with Crippen LogP contribution in [0.15, 0.2) is 78.9 Å². The molecule has 0 bridgehead atoms. The molecule has 5 nitrogen and oxygen atoms in total. The van der Waals surface area contributed by atoms with Crippen molar-refractivity contribution in [2.45, 2.75) is 12.5 Å². The lowest BCUT2D eigenvalue weighted by molar-refractivity contribution is -0.125. The van der Waals surface area contributed by atoms with Crippen molar-refractivity contribution in [3.63, 3.8) is 0 Å². The van der Waals surface area contributed by atoms with Crippen LogP contribution in [-0.2, 0) is 16.0 Å². The topological polar surface area (TPSA) is 72.5 Å². The van der Waals surface area contributed by atoms with Gasteiger partial charge in [0.15, 0.2) is 11.9 Å². The minimum absolute atomic E-state index is 0.192. The number of hydrogen-bond acceptors (Lipinski definition) is 4. The summed E-state index contributed by atoms with van der Waals surface area (Å²) in [5.74, 6) is -1.17. The fraction of sp³-hybridized carbons (Fsp3) is 0.0870. The largest absolute Gasteiger partial charge is 0.448 e. The summed E-state index contributed by atoms with van der Waals surface area (Å²) in [4.78, 5) is 37.7. The Morgan fingerprint density at radius 2 is 1.54 bits per heavy atom. The van der Waals surface area contributed by atoms with E-state index in [-0.39, 0.29) is 5.78 Å². The van der Waals surface area contributed by atoms with E-state index in [9.17, 15) is 14.4 Å². The summed E-state index contributed by atoms with van der Waals surface area (Å²) in [6.07, 6.45) is -0.648. The number of ether oxygens (including phenoxy) is 1. The van der Waals surface area contributed by atoms with Gasteiger partial charge in [0.05, 0.1) is 11.3 Å². The standard InChI is InChI=1S/C23H17NO4/c25-21(15-8-2-1-3-9-15)18-12-6-7-13-19(18)24-22(26)20-14-16-10-4-5-11-17(16)23(27)28-20/h1-13,20H,14H2,(H,24,26)/t20-/m0/s1. The van der Waals surface area contributed by atoms with Crippen LogP contribution in [0.5, 0.6) is 0 Å². The third-order valence-electron chi connectivity index (χ3n) is 4.65. The van der Waals surface area contributed by atoms with Gasteiger partial charge in [0.1, 0.15) is 0 Å². The smallest absolute Gasteiger partial charge is 0.339 e. The van der Waals surface area contributed by atoms with Gasteiger partial charge in [-0.3, -0.25) is 9.59 Å². The fourth-order valence-corrected chi connectivity index (χ4v) is 3.23. The number of anilines is 1. The minimum Gasteiger partial charge on any atom is -0.448 e. The SMILES string of the molecule is O=C1O[C@H](C(=O)Nc2ccccc2C(=O)c2ccccc2)Cc2ccccc21. The molecule has 1 N–H and O–H groups in total. The number of para-hydroxylation sites is 1. The number of carbonyl (C=O) groups excluding carboxylic acids is 3. The Bertz CT molecular complexity index is 1060. The van der Waals surface area contributed by atoms with E-state index < -0.39 is 18.0 Å². The summed E-state index contributed by atoms with van der Waals surface area (Å²) in [5.41, 5.74) is 2.54. The summed E-state index contributed by atoms with van der Waals surface area (Å²) in [6.45, 7) is 0. The van der Waals surface area contributed by atoms with Crippen molar-refractivity contribution in [2.75, 3.05) is 5.32 Å². The van der Waals surface area contributed by atoms with Crippen molar-refractivity contribution in [1.29, 1.82) is 0 Å². The third-order valence-corrected chi connectivity index (χ3v) is 4.65. The van der Waals surface area contributed by atoms with E-state index in [2.05, 4.69) is 5.32 Å². The molecule has 0 aliphatic carbocycles. The average molecular weight is 371 g/mol. The van der Waals surface area contributed by atoms with Gasteiger partial charge in [-0.05, 0) is 23.8 Å². The molecule has 0 aromatic heterocycles. The van der Waals surface area contributed by atoms with E-state index in [4.69, 9.17) is 4.74 Å². The van der Waals surface area contributed by atoms with E-state index in [0.29, 0.717) is 28.8 Å². The summed E-state index contributed by atoms with van der Waals surface area (Å²) in [7, 11) is 0. The number of ketones is 1. The molecule has 3 aromatic carbocycles. The zero-order chi connectivity index (χ0) is 19.5. The number of fused-ring (bicyclic) bond motifs is 1. The quantitative estimate of drug-likeness (QED) is 0.561. The predicted octanol–water partition coefficient (Wildman–Crippen LogP) is 3.64. The number of hydrogen-bond donors (Lipinski definition) is 1. The Kier molecular flexibility index (Phi) is 4.72. The second kappa shape index (κ2) is 7.48. The summed E-state index contributed by atoms with van der Waals surface area (Å²) in [5, 5.41) is 2.75. The maximum atomic E-state index is 12.8. The molecule has 0 radical (unpaired) electrons. The molecular formula is C23H17NO4. The van der Waals surface area contributed by atoms with Crippen LogP contribution in [0.3, 0.4) is 0 Å². The van der Waals surface area contributed by atoms with Gasteiger partial charge < -0.3 is 10.1 Å². The Hall–Kier alpha value is -3.73. The van der Waals surface area contributed by atoms with E-state index in [1.165, 1.54) is 0 Å².